The van der Waals surface area contributed by atoms with E-state index in [4.69, 9.17) is 4.74 Å². The fraction of sp³-hybridized carbons (Fsp3) is 0.471. The summed E-state index contributed by atoms with van der Waals surface area (Å²) in [6, 6.07) is 3.61. The van der Waals surface area contributed by atoms with Crippen LogP contribution in [0.4, 0.5) is 0 Å². The average Bonchev–Trinajstić information content (AvgIpc) is 3.00. The fourth-order valence-corrected chi connectivity index (χ4v) is 2.67. The van der Waals surface area contributed by atoms with Crippen molar-refractivity contribution in [3.63, 3.8) is 0 Å². The van der Waals surface area contributed by atoms with Crippen LogP contribution in [0.3, 0.4) is 0 Å². The van der Waals surface area contributed by atoms with Crippen molar-refractivity contribution in [1.29, 1.82) is 0 Å². The molecule has 0 fully saturated rings. The minimum atomic E-state index is -0.134. The molecule has 0 spiro atoms. The number of aryl methyl sites for hydroxylation is 1. The number of ether oxygens (including phenoxy) is 1. The Bertz CT molecular complexity index is 681. The highest BCUT2D eigenvalue weighted by Crippen LogP contribution is 2.17. The molecule has 6 nitrogen and oxygen atoms in total. The molecular formula is C17H22N4O2. The summed E-state index contributed by atoms with van der Waals surface area (Å²) in [5, 5.41) is 3.09. The van der Waals surface area contributed by atoms with E-state index >= 15 is 0 Å². The van der Waals surface area contributed by atoms with Gasteiger partial charge >= 0.3 is 0 Å². The van der Waals surface area contributed by atoms with E-state index in [1.165, 1.54) is 0 Å². The molecule has 0 saturated heterocycles. The number of carbonyl (C=O) groups is 1. The Labute approximate surface area is 135 Å². The van der Waals surface area contributed by atoms with Gasteiger partial charge in [-0.1, -0.05) is 13.8 Å². The second-order valence-electron chi connectivity index (χ2n) is 6.27. The standard InChI is InChI=1S/C17H22N4O2/c1-12(2)11-23-17-14(4-3-7-19-17)16(22)20-13-5-6-15-18-8-9-21(15)10-13/h3-4,7-9,12-13H,5-6,10-11H2,1-2H3,(H,20,22). The first-order valence-corrected chi connectivity index (χ1v) is 8.02. The lowest BCUT2D eigenvalue weighted by atomic mass is 10.1. The van der Waals surface area contributed by atoms with E-state index in [0.29, 0.717) is 24.0 Å². The highest BCUT2D eigenvalue weighted by molar-refractivity contribution is 5.96. The van der Waals surface area contributed by atoms with Gasteiger partial charge in [0, 0.05) is 37.6 Å². The predicted molar refractivity (Wildman–Crippen MR) is 86.4 cm³/mol. The number of pyridine rings is 1. The summed E-state index contributed by atoms with van der Waals surface area (Å²) in [4.78, 5) is 21.1. The van der Waals surface area contributed by atoms with Crippen LogP contribution in [0.1, 0.15) is 36.5 Å². The molecule has 122 valence electrons. The number of aromatic nitrogens is 3. The molecule has 2 aromatic heterocycles. The highest BCUT2D eigenvalue weighted by Gasteiger charge is 2.22. The van der Waals surface area contributed by atoms with Gasteiger partial charge in [-0.2, -0.15) is 0 Å². The molecule has 1 unspecified atom stereocenters. The second kappa shape index (κ2) is 6.81. The SMILES string of the molecule is CC(C)COc1ncccc1C(=O)NC1CCc2nccn2C1. The van der Waals surface area contributed by atoms with Crippen LogP contribution in [0.2, 0.25) is 0 Å². The quantitative estimate of drug-likeness (QED) is 0.917. The van der Waals surface area contributed by atoms with Gasteiger partial charge in [0.25, 0.3) is 5.91 Å². The average molecular weight is 314 g/mol. The van der Waals surface area contributed by atoms with Crippen molar-refractivity contribution < 1.29 is 9.53 Å². The number of fused-ring (bicyclic) bond motifs is 1. The smallest absolute Gasteiger partial charge is 0.257 e. The summed E-state index contributed by atoms with van der Waals surface area (Å²) in [5.41, 5.74) is 0.490. The van der Waals surface area contributed by atoms with Gasteiger partial charge in [-0.05, 0) is 24.5 Å². The first-order valence-electron chi connectivity index (χ1n) is 8.02. The van der Waals surface area contributed by atoms with E-state index < -0.39 is 0 Å². The zero-order valence-corrected chi connectivity index (χ0v) is 13.5. The maximum atomic E-state index is 12.6. The van der Waals surface area contributed by atoms with Crippen LogP contribution in [0.25, 0.3) is 0 Å². The lowest BCUT2D eigenvalue weighted by molar-refractivity contribution is 0.0921. The van der Waals surface area contributed by atoms with Crippen molar-refractivity contribution in [1.82, 2.24) is 19.9 Å². The van der Waals surface area contributed by atoms with Crippen molar-refractivity contribution in [2.75, 3.05) is 6.61 Å². The molecule has 0 bridgehead atoms. The molecule has 0 saturated carbocycles. The van der Waals surface area contributed by atoms with Crippen LogP contribution in [0, 0.1) is 5.92 Å². The minimum absolute atomic E-state index is 0.0994. The number of rotatable bonds is 5. The summed E-state index contributed by atoms with van der Waals surface area (Å²) < 4.78 is 7.76. The molecular weight excluding hydrogens is 292 g/mol. The van der Waals surface area contributed by atoms with Crippen molar-refractivity contribution in [3.8, 4) is 5.88 Å². The Kier molecular flexibility index (Phi) is 4.60. The first kappa shape index (κ1) is 15.5. The summed E-state index contributed by atoms with van der Waals surface area (Å²) in [6.07, 6.45) is 7.17. The predicted octanol–water partition coefficient (Wildman–Crippen LogP) is 2.06. The Hall–Kier alpha value is -2.37. The topological polar surface area (TPSA) is 69.0 Å². The van der Waals surface area contributed by atoms with Crippen LogP contribution in [0.15, 0.2) is 30.7 Å². The summed E-state index contributed by atoms with van der Waals surface area (Å²) in [5.74, 6) is 1.73. The fourth-order valence-electron chi connectivity index (χ4n) is 2.67. The number of carbonyl (C=O) groups excluding carboxylic acids is 1. The number of amides is 1. The van der Waals surface area contributed by atoms with E-state index in [1.54, 1.807) is 24.5 Å². The normalized spacial score (nSPS) is 16.9. The van der Waals surface area contributed by atoms with Crippen LogP contribution in [-0.4, -0.2) is 33.1 Å². The summed E-state index contributed by atoms with van der Waals surface area (Å²) in [7, 11) is 0. The molecule has 2 aromatic rings. The third-order valence-corrected chi connectivity index (χ3v) is 3.84. The van der Waals surface area contributed by atoms with Crippen molar-refractivity contribution >= 4 is 5.91 Å². The number of nitrogens with zero attached hydrogens (tertiary/aromatic N) is 3. The maximum Gasteiger partial charge on any atom is 0.257 e. The molecule has 0 aliphatic carbocycles. The molecule has 23 heavy (non-hydrogen) atoms. The Morgan fingerprint density at radius 1 is 1.43 bits per heavy atom. The van der Waals surface area contributed by atoms with Crippen LogP contribution < -0.4 is 10.1 Å². The molecule has 1 amide bonds. The van der Waals surface area contributed by atoms with Crippen molar-refractivity contribution in [2.45, 2.75) is 39.3 Å². The summed E-state index contributed by atoms with van der Waals surface area (Å²) >= 11 is 0. The van der Waals surface area contributed by atoms with Gasteiger partial charge in [-0.15, -0.1) is 0 Å². The second-order valence-corrected chi connectivity index (χ2v) is 6.27. The molecule has 0 aromatic carbocycles. The van der Waals surface area contributed by atoms with Crippen LogP contribution in [-0.2, 0) is 13.0 Å². The van der Waals surface area contributed by atoms with Crippen molar-refractivity contribution in [2.24, 2.45) is 5.92 Å². The van der Waals surface area contributed by atoms with Crippen molar-refractivity contribution in [3.05, 3.63) is 42.1 Å². The molecule has 1 aliphatic heterocycles. The molecule has 1 atom stereocenters. The van der Waals surface area contributed by atoms with Gasteiger partial charge in [0.2, 0.25) is 5.88 Å². The van der Waals surface area contributed by atoms with Gasteiger partial charge < -0.3 is 14.6 Å². The first-order chi connectivity index (χ1) is 11.1. The van der Waals surface area contributed by atoms with Gasteiger partial charge in [-0.25, -0.2) is 9.97 Å². The highest BCUT2D eigenvalue weighted by atomic mass is 16.5. The number of nitrogens with one attached hydrogen (secondary N) is 1. The summed E-state index contributed by atoms with van der Waals surface area (Å²) in [6.45, 7) is 5.42. The lowest BCUT2D eigenvalue weighted by Gasteiger charge is -2.25. The van der Waals surface area contributed by atoms with E-state index in [9.17, 15) is 4.79 Å². The zero-order chi connectivity index (χ0) is 16.2. The van der Waals surface area contributed by atoms with Crippen LogP contribution >= 0.6 is 0 Å². The van der Waals surface area contributed by atoms with Gasteiger partial charge in [0.05, 0.1) is 6.61 Å². The van der Waals surface area contributed by atoms with Crippen LogP contribution in [0.5, 0.6) is 5.88 Å². The Morgan fingerprint density at radius 2 is 2.30 bits per heavy atom. The number of imidazole rings is 1. The van der Waals surface area contributed by atoms with E-state index in [2.05, 4.69) is 33.7 Å². The maximum absolute atomic E-state index is 12.6. The molecule has 6 heteroatoms. The third kappa shape index (κ3) is 3.70. The van der Waals surface area contributed by atoms with Gasteiger partial charge in [0.15, 0.2) is 0 Å². The van der Waals surface area contributed by atoms with Gasteiger partial charge in [-0.3, -0.25) is 4.79 Å². The van der Waals surface area contributed by atoms with E-state index in [0.717, 1.165) is 25.2 Å². The zero-order valence-electron chi connectivity index (χ0n) is 13.5. The third-order valence-electron chi connectivity index (χ3n) is 3.84. The molecule has 3 rings (SSSR count). The monoisotopic (exact) mass is 314 g/mol. The van der Waals surface area contributed by atoms with Gasteiger partial charge in [0.1, 0.15) is 11.4 Å². The Morgan fingerprint density at radius 3 is 3.13 bits per heavy atom. The number of hydrogen-bond acceptors (Lipinski definition) is 4. The minimum Gasteiger partial charge on any atom is -0.477 e. The molecule has 1 N–H and O–H groups in total. The molecule has 3 heterocycles. The van der Waals surface area contributed by atoms with E-state index in [1.807, 2.05) is 6.20 Å². The molecule has 0 radical (unpaired) electrons. The molecule has 1 aliphatic rings. The lowest BCUT2D eigenvalue weighted by Crippen LogP contribution is -2.41. The Balaban J connectivity index is 1.67. The van der Waals surface area contributed by atoms with E-state index in [-0.39, 0.29) is 11.9 Å². The largest absolute Gasteiger partial charge is 0.477 e. The number of hydrogen-bond donors (Lipinski definition) is 1.